The Balaban J connectivity index is 2.13. The maximum atomic E-state index is 12.9. The van der Waals surface area contributed by atoms with Crippen molar-refractivity contribution in [1.29, 1.82) is 0 Å². The second-order valence-electron chi connectivity index (χ2n) is 4.34. The molecule has 4 nitrogen and oxygen atoms in total. The molecule has 0 spiro atoms. The molecular formula is C15H13ClFN3OS2. The van der Waals surface area contributed by atoms with Gasteiger partial charge in [-0.2, -0.15) is 0 Å². The topological polar surface area (TPSA) is 81.1 Å². The van der Waals surface area contributed by atoms with Gasteiger partial charge in [-0.1, -0.05) is 23.4 Å². The minimum Gasteiger partial charge on any atom is -0.393 e. The lowest BCUT2D eigenvalue weighted by atomic mass is 10.3. The van der Waals surface area contributed by atoms with Crippen LogP contribution in [0.1, 0.15) is 0 Å². The first-order valence-electron chi connectivity index (χ1n) is 6.36. The molecular weight excluding hydrogens is 357 g/mol. The number of carbonyl (C=O) groups excluding carboxylic acids is 1. The van der Waals surface area contributed by atoms with Crippen LogP contribution in [-0.2, 0) is 4.79 Å². The minimum atomic E-state index is -0.508. The molecule has 2 rings (SSSR count). The molecule has 0 heterocycles. The lowest BCUT2D eigenvalue weighted by molar-refractivity contribution is -0.112. The fourth-order valence-electron chi connectivity index (χ4n) is 1.58. The van der Waals surface area contributed by atoms with Gasteiger partial charge in [-0.15, -0.1) is 0 Å². The number of benzene rings is 2. The van der Waals surface area contributed by atoms with Crippen LogP contribution in [0, 0.1) is 5.82 Å². The Morgan fingerprint density at radius 2 is 1.70 bits per heavy atom. The molecule has 0 aromatic heterocycles. The fraction of sp³-hybridized carbons (Fsp3) is 0. The first kappa shape index (κ1) is 17.7. The molecule has 23 heavy (non-hydrogen) atoms. The average Bonchev–Trinajstić information content (AvgIpc) is 2.55. The number of rotatable bonds is 5. The number of thioether (sulfide) groups is 1. The van der Waals surface area contributed by atoms with E-state index in [1.165, 1.54) is 36.0 Å². The van der Waals surface area contributed by atoms with Gasteiger partial charge in [0.15, 0.2) is 0 Å². The normalized spacial score (nSPS) is 11.8. The zero-order valence-electron chi connectivity index (χ0n) is 11.8. The third-order valence-corrected chi connectivity index (χ3v) is 4.84. The van der Waals surface area contributed by atoms with Crippen molar-refractivity contribution >= 4 is 46.9 Å². The van der Waals surface area contributed by atoms with E-state index in [1.807, 2.05) is 0 Å². The van der Waals surface area contributed by atoms with Gasteiger partial charge in [0.05, 0.1) is 4.24 Å². The van der Waals surface area contributed by atoms with Crippen molar-refractivity contribution in [2.45, 2.75) is 4.90 Å². The summed E-state index contributed by atoms with van der Waals surface area (Å²) in [7, 11) is 0. The number of anilines is 1. The zero-order chi connectivity index (χ0) is 16.8. The molecule has 120 valence electrons. The average molecular weight is 370 g/mol. The molecule has 5 N–H and O–H groups in total. The van der Waals surface area contributed by atoms with Crippen molar-refractivity contribution in [1.82, 2.24) is 0 Å². The zero-order valence-corrected chi connectivity index (χ0v) is 14.1. The van der Waals surface area contributed by atoms with Crippen molar-refractivity contribution in [2.75, 3.05) is 5.32 Å². The second-order valence-corrected chi connectivity index (χ2v) is 6.76. The number of hydrogen-bond donors (Lipinski definition) is 3. The standard InChI is InChI=1S/C15H13ClFN3OS2/c16-9-1-7-12(8-2-9)22-15(23-19)13(18)14(21)20-11-5-3-10(17)4-6-11/h1-8H,18-19H2,(H,20,21)/b15-13-. The highest BCUT2D eigenvalue weighted by atomic mass is 35.5. The monoisotopic (exact) mass is 369 g/mol. The SMILES string of the molecule is NS/C(Sc1ccc(Cl)cc1)=C(\N)C(=O)Nc1ccc(F)cc1. The summed E-state index contributed by atoms with van der Waals surface area (Å²) < 4.78 is 13.3. The largest absolute Gasteiger partial charge is 0.393 e. The number of halogens is 2. The third kappa shape index (κ3) is 5.18. The van der Waals surface area contributed by atoms with E-state index in [-0.39, 0.29) is 11.5 Å². The van der Waals surface area contributed by atoms with E-state index in [4.69, 9.17) is 22.5 Å². The highest BCUT2D eigenvalue weighted by Crippen LogP contribution is 2.34. The Morgan fingerprint density at radius 1 is 1.09 bits per heavy atom. The Kier molecular flexibility index (Phi) is 6.35. The Bertz CT molecular complexity index is 721. The van der Waals surface area contributed by atoms with Crippen LogP contribution < -0.4 is 16.2 Å². The fourth-order valence-corrected chi connectivity index (χ4v) is 3.09. The lowest BCUT2D eigenvalue weighted by Gasteiger charge is -2.10. The molecule has 2 aromatic carbocycles. The van der Waals surface area contributed by atoms with E-state index < -0.39 is 5.91 Å². The molecule has 1 amide bonds. The smallest absolute Gasteiger partial charge is 0.273 e. The second kappa shape index (κ2) is 8.26. The van der Waals surface area contributed by atoms with Crippen molar-refractivity contribution in [3.8, 4) is 0 Å². The number of nitrogens with one attached hydrogen (secondary N) is 1. The Hall–Kier alpha value is -1.67. The molecule has 0 atom stereocenters. The van der Waals surface area contributed by atoms with Gasteiger partial charge in [-0.3, -0.25) is 9.93 Å². The molecule has 0 aliphatic carbocycles. The van der Waals surface area contributed by atoms with Gasteiger partial charge in [0, 0.05) is 15.6 Å². The van der Waals surface area contributed by atoms with Crippen LogP contribution in [0.25, 0.3) is 0 Å². The maximum absolute atomic E-state index is 12.9. The summed E-state index contributed by atoms with van der Waals surface area (Å²) in [6.07, 6.45) is 0. The summed E-state index contributed by atoms with van der Waals surface area (Å²) in [5, 5.41) is 8.80. The molecule has 0 bridgehead atoms. The molecule has 0 saturated carbocycles. The molecule has 0 aliphatic rings. The summed E-state index contributed by atoms with van der Waals surface area (Å²) in [4.78, 5) is 13.0. The van der Waals surface area contributed by atoms with Gasteiger partial charge in [-0.05, 0) is 60.5 Å². The molecule has 0 aliphatic heterocycles. The highest BCUT2D eigenvalue weighted by Gasteiger charge is 2.14. The van der Waals surface area contributed by atoms with E-state index in [2.05, 4.69) is 5.32 Å². The van der Waals surface area contributed by atoms with Gasteiger partial charge in [0.1, 0.15) is 11.5 Å². The molecule has 0 saturated heterocycles. The summed E-state index contributed by atoms with van der Waals surface area (Å²) in [5.74, 6) is -0.894. The van der Waals surface area contributed by atoms with E-state index in [0.717, 1.165) is 16.8 Å². The van der Waals surface area contributed by atoms with E-state index in [9.17, 15) is 9.18 Å². The Labute approximate surface area is 146 Å². The van der Waals surface area contributed by atoms with Gasteiger partial charge in [-0.25, -0.2) is 4.39 Å². The maximum Gasteiger partial charge on any atom is 0.273 e. The van der Waals surface area contributed by atoms with Gasteiger partial charge in [0.2, 0.25) is 0 Å². The van der Waals surface area contributed by atoms with Crippen LogP contribution in [0.15, 0.2) is 63.4 Å². The van der Waals surface area contributed by atoms with E-state index in [1.54, 1.807) is 24.3 Å². The van der Waals surface area contributed by atoms with Crippen LogP contribution in [-0.4, -0.2) is 5.91 Å². The van der Waals surface area contributed by atoms with Crippen LogP contribution >= 0.6 is 35.3 Å². The summed E-state index contributed by atoms with van der Waals surface area (Å²) >= 11 is 7.97. The predicted molar refractivity (Wildman–Crippen MR) is 95.3 cm³/mol. The van der Waals surface area contributed by atoms with Gasteiger partial charge < -0.3 is 11.1 Å². The number of carbonyl (C=O) groups is 1. The van der Waals surface area contributed by atoms with Gasteiger partial charge in [0.25, 0.3) is 5.91 Å². The number of amides is 1. The van der Waals surface area contributed by atoms with E-state index in [0.29, 0.717) is 14.9 Å². The molecule has 0 radical (unpaired) electrons. The first-order chi connectivity index (χ1) is 11.0. The molecule has 2 aromatic rings. The summed E-state index contributed by atoms with van der Waals surface area (Å²) in [6, 6.07) is 12.5. The molecule has 0 unspecified atom stereocenters. The van der Waals surface area contributed by atoms with Crippen molar-refractivity contribution in [2.24, 2.45) is 10.9 Å². The highest BCUT2D eigenvalue weighted by molar-refractivity contribution is 8.21. The molecule has 0 fully saturated rings. The predicted octanol–water partition coefficient (Wildman–Crippen LogP) is 3.94. The van der Waals surface area contributed by atoms with Crippen LogP contribution in [0.4, 0.5) is 10.1 Å². The van der Waals surface area contributed by atoms with Crippen LogP contribution in [0.5, 0.6) is 0 Å². The minimum absolute atomic E-state index is 0.0122. The van der Waals surface area contributed by atoms with E-state index >= 15 is 0 Å². The number of hydrogen-bond acceptors (Lipinski definition) is 5. The Morgan fingerprint density at radius 3 is 2.26 bits per heavy atom. The lowest BCUT2D eigenvalue weighted by Crippen LogP contribution is -2.21. The third-order valence-electron chi connectivity index (χ3n) is 2.70. The first-order valence-corrected chi connectivity index (χ1v) is 8.44. The quantitative estimate of drug-likeness (QED) is 0.422. The molecule has 8 heteroatoms. The number of nitrogens with two attached hydrogens (primary N) is 2. The van der Waals surface area contributed by atoms with Gasteiger partial charge >= 0.3 is 0 Å². The van der Waals surface area contributed by atoms with Crippen molar-refractivity contribution < 1.29 is 9.18 Å². The van der Waals surface area contributed by atoms with Crippen molar-refractivity contribution in [3.05, 3.63) is 69.3 Å². The van der Waals surface area contributed by atoms with Crippen LogP contribution in [0.3, 0.4) is 0 Å². The summed E-state index contributed by atoms with van der Waals surface area (Å²) in [5.41, 5.74) is 6.30. The van der Waals surface area contributed by atoms with Crippen molar-refractivity contribution in [3.63, 3.8) is 0 Å². The van der Waals surface area contributed by atoms with Crippen LogP contribution in [0.2, 0.25) is 5.02 Å². The summed E-state index contributed by atoms with van der Waals surface area (Å²) in [6.45, 7) is 0.